The van der Waals surface area contributed by atoms with E-state index in [-0.39, 0.29) is 11.7 Å². The topological polar surface area (TPSA) is 75.3 Å². The molecule has 0 saturated heterocycles. The number of phenols is 1. The van der Waals surface area contributed by atoms with Crippen molar-refractivity contribution in [3.8, 4) is 5.75 Å². The second-order valence-electron chi connectivity index (χ2n) is 4.56. The molecule has 0 heterocycles. The predicted octanol–water partition coefficient (Wildman–Crippen LogP) is 1.81. The highest BCUT2D eigenvalue weighted by Gasteiger charge is 2.10. The van der Waals surface area contributed by atoms with E-state index in [9.17, 15) is 9.90 Å². The fourth-order valence-corrected chi connectivity index (χ4v) is 1.78. The molecular formula is C14H22N2O2. The Hall–Kier alpha value is -1.55. The maximum absolute atomic E-state index is 11.9. The van der Waals surface area contributed by atoms with Crippen molar-refractivity contribution in [2.45, 2.75) is 26.7 Å². The number of hydrogen-bond donors (Lipinski definition) is 3. The van der Waals surface area contributed by atoms with Crippen LogP contribution < -0.4 is 11.1 Å². The van der Waals surface area contributed by atoms with Crippen molar-refractivity contribution in [3.63, 3.8) is 0 Å². The minimum absolute atomic E-state index is 0.150. The van der Waals surface area contributed by atoms with Crippen LogP contribution in [0.25, 0.3) is 0 Å². The van der Waals surface area contributed by atoms with Crippen molar-refractivity contribution < 1.29 is 9.90 Å². The van der Waals surface area contributed by atoms with Crippen LogP contribution in [0.2, 0.25) is 0 Å². The quantitative estimate of drug-likeness (QED) is 0.720. The summed E-state index contributed by atoms with van der Waals surface area (Å²) in [6.45, 7) is 5.15. The number of benzene rings is 1. The van der Waals surface area contributed by atoms with E-state index in [1.54, 1.807) is 19.1 Å². The van der Waals surface area contributed by atoms with Crippen LogP contribution in [0.3, 0.4) is 0 Å². The Labute approximate surface area is 108 Å². The standard InChI is InChI=1S/C14H22N2O2/c1-3-11(6-7-15)9-16-14(18)12-5-4-10(2)13(17)8-12/h4-5,8,11,17H,3,6-7,9,15H2,1-2H3,(H,16,18). The Kier molecular flexibility index (Phi) is 5.65. The van der Waals surface area contributed by atoms with E-state index >= 15 is 0 Å². The van der Waals surface area contributed by atoms with E-state index in [1.807, 2.05) is 0 Å². The van der Waals surface area contributed by atoms with Crippen LogP contribution >= 0.6 is 0 Å². The number of amides is 1. The van der Waals surface area contributed by atoms with Gasteiger partial charge in [0.25, 0.3) is 5.91 Å². The molecule has 0 aliphatic carbocycles. The smallest absolute Gasteiger partial charge is 0.251 e. The summed E-state index contributed by atoms with van der Waals surface area (Å²) in [5.41, 5.74) is 6.76. The number of aromatic hydroxyl groups is 1. The number of nitrogens with two attached hydrogens (primary N) is 1. The first-order valence-corrected chi connectivity index (χ1v) is 6.36. The van der Waals surface area contributed by atoms with Gasteiger partial charge in [0.15, 0.2) is 0 Å². The lowest BCUT2D eigenvalue weighted by Gasteiger charge is -2.14. The van der Waals surface area contributed by atoms with Gasteiger partial charge in [-0.15, -0.1) is 0 Å². The molecular weight excluding hydrogens is 228 g/mol. The monoisotopic (exact) mass is 250 g/mol. The number of hydrogen-bond acceptors (Lipinski definition) is 3. The molecule has 100 valence electrons. The molecule has 1 rings (SSSR count). The maximum atomic E-state index is 11.9. The number of carbonyl (C=O) groups is 1. The van der Waals surface area contributed by atoms with E-state index in [0.717, 1.165) is 18.4 Å². The lowest BCUT2D eigenvalue weighted by atomic mass is 10.0. The average Bonchev–Trinajstić information content (AvgIpc) is 2.37. The van der Waals surface area contributed by atoms with E-state index in [4.69, 9.17) is 5.73 Å². The third kappa shape index (κ3) is 4.04. The molecule has 1 atom stereocenters. The molecule has 4 nitrogen and oxygen atoms in total. The van der Waals surface area contributed by atoms with E-state index < -0.39 is 0 Å². The normalized spacial score (nSPS) is 12.2. The highest BCUT2D eigenvalue weighted by Crippen LogP contribution is 2.17. The number of carbonyl (C=O) groups excluding carboxylic acids is 1. The van der Waals surface area contributed by atoms with Crippen molar-refractivity contribution in [1.82, 2.24) is 5.32 Å². The zero-order chi connectivity index (χ0) is 13.5. The van der Waals surface area contributed by atoms with E-state index in [2.05, 4.69) is 12.2 Å². The van der Waals surface area contributed by atoms with Crippen molar-refractivity contribution in [3.05, 3.63) is 29.3 Å². The molecule has 1 aromatic rings. The molecule has 4 heteroatoms. The fraction of sp³-hybridized carbons (Fsp3) is 0.500. The van der Waals surface area contributed by atoms with Gasteiger partial charge < -0.3 is 16.2 Å². The predicted molar refractivity (Wildman–Crippen MR) is 72.6 cm³/mol. The number of rotatable bonds is 6. The lowest BCUT2D eigenvalue weighted by molar-refractivity contribution is 0.0945. The number of aryl methyl sites for hydroxylation is 1. The summed E-state index contributed by atoms with van der Waals surface area (Å²) >= 11 is 0. The van der Waals surface area contributed by atoms with Gasteiger partial charge in [-0.1, -0.05) is 19.4 Å². The summed E-state index contributed by atoms with van der Waals surface area (Å²) in [6, 6.07) is 4.95. The molecule has 1 aromatic carbocycles. The van der Waals surface area contributed by atoms with Gasteiger partial charge in [-0.05, 0) is 43.5 Å². The molecule has 18 heavy (non-hydrogen) atoms. The van der Waals surface area contributed by atoms with Crippen LogP contribution in [0.4, 0.5) is 0 Å². The van der Waals surface area contributed by atoms with Crippen LogP contribution in [0.15, 0.2) is 18.2 Å². The Morgan fingerprint density at radius 3 is 2.78 bits per heavy atom. The highest BCUT2D eigenvalue weighted by molar-refractivity contribution is 5.94. The van der Waals surface area contributed by atoms with Crippen molar-refractivity contribution in [2.24, 2.45) is 11.7 Å². The largest absolute Gasteiger partial charge is 0.508 e. The summed E-state index contributed by atoms with van der Waals surface area (Å²) < 4.78 is 0. The number of nitrogens with one attached hydrogen (secondary N) is 1. The van der Waals surface area contributed by atoms with Gasteiger partial charge in [0.1, 0.15) is 5.75 Å². The van der Waals surface area contributed by atoms with Gasteiger partial charge in [0.05, 0.1) is 0 Å². The van der Waals surface area contributed by atoms with Gasteiger partial charge in [-0.2, -0.15) is 0 Å². The van der Waals surface area contributed by atoms with Crippen LogP contribution in [0.1, 0.15) is 35.7 Å². The van der Waals surface area contributed by atoms with Gasteiger partial charge in [0, 0.05) is 12.1 Å². The van der Waals surface area contributed by atoms with Crippen molar-refractivity contribution in [1.29, 1.82) is 0 Å². The fourth-order valence-electron chi connectivity index (χ4n) is 1.78. The summed E-state index contributed by atoms with van der Waals surface area (Å²) in [5.74, 6) is 0.412. The molecule has 1 unspecified atom stereocenters. The Bertz CT molecular complexity index is 405. The van der Waals surface area contributed by atoms with Crippen molar-refractivity contribution >= 4 is 5.91 Å². The summed E-state index contributed by atoms with van der Waals surface area (Å²) in [7, 11) is 0. The average molecular weight is 250 g/mol. The van der Waals surface area contributed by atoms with E-state index in [1.165, 1.54) is 6.07 Å². The first kappa shape index (κ1) is 14.5. The molecule has 0 saturated carbocycles. The third-order valence-electron chi connectivity index (χ3n) is 3.17. The second-order valence-corrected chi connectivity index (χ2v) is 4.56. The SMILES string of the molecule is CCC(CCN)CNC(=O)c1ccc(C)c(O)c1. The zero-order valence-electron chi connectivity index (χ0n) is 11.1. The van der Waals surface area contributed by atoms with Gasteiger partial charge in [-0.25, -0.2) is 0 Å². The highest BCUT2D eigenvalue weighted by atomic mass is 16.3. The third-order valence-corrected chi connectivity index (χ3v) is 3.17. The zero-order valence-corrected chi connectivity index (χ0v) is 11.1. The second kappa shape index (κ2) is 7.01. The Balaban J connectivity index is 2.57. The molecule has 0 spiro atoms. The van der Waals surface area contributed by atoms with E-state index in [0.29, 0.717) is 24.6 Å². The minimum atomic E-state index is -0.152. The molecule has 0 bridgehead atoms. The first-order chi connectivity index (χ1) is 8.58. The lowest BCUT2D eigenvalue weighted by Crippen LogP contribution is -2.30. The molecule has 0 aromatic heterocycles. The van der Waals surface area contributed by atoms with Crippen LogP contribution in [0.5, 0.6) is 5.75 Å². The summed E-state index contributed by atoms with van der Waals surface area (Å²) in [4.78, 5) is 11.9. The molecule has 1 amide bonds. The Morgan fingerprint density at radius 2 is 2.22 bits per heavy atom. The van der Waals surface area contributed by atoms with Crippen LogP contribution in [0, 0.1) is 12.8 Å². The van der Waals surface area contributed by atoms with Crippen LogP contribution in [-0.2, 0) is 0 Å². The molecule has 0 fully saturated rings. The Morgan fingerprint density at radius 1 is 1.50 bits per heavy atom. The molecule has 0 aliphatic heterocycles. The number of phenolic OH excluding ortho intramolecular Hbond substituents is 1. The molecule has 4 N–H and O–H groups in total. The van der Waals surface area contributed by atoms with Gasteiger partial charge in [0.2, 0.25) is 0 Å². The molecule has 0 radical (unpaired) electrons. The summed E-state index contributed by atoms with van der Waals surface area (Å²) in [6.07, 6.45) is 1.91. The summed E-state index contributed by atoms with van der Waals surface area (Å²) in [5, 5.41) is 12.4. The van der Waals surface area contributed by atoms with Gasteiger partial charge in [-0.3, -0.25) is 4.79 Å². The van der Waals surface area contributed by atoms with Crippen molar-refractivity contribution in [2.75, 3.05) is 13.1 Å². The van der Waals surface area contributed by atoms with Gasteiger partial charge >= 0.3 is 0 Å². The first-order valence-electron chi connectivity index (χ1n) is 6.36. The minimum Gasteiger partial charge on any atom is -0.508 e. The molecule has 0 aliphatic rings. The van der Waals surface area contributed by atoms with Crippen LogP contribution in [-0.4, -0.2) is 24.1 Å². The maximum Gasteiger partial charge on any atom is 0.251 e.